The molecule has 0 fully saturated rings. The van der Waals surface area contributed by atoms with Crippen LogP contribution in [0.15, 0.2) is 36.4 Å². The Balaban J connectivity index is 2.14. The highest BCUT2D eigenvalue weighted by Crippen LogP contribution is 2.23. The lowest BCUT2D eigenvalue weighted by atomic mass is 10.2. The Bertz CT molecular complexity index is 619. The largest absolute Gasteiger partial charge is 0.488 e. The van der Waals surface area contributed by atoms with Gasteiger partial charge in [0.1, 0.15) is 24.0 Å². The molecule has 0 aliphatic heterocycles. The molecule has 0 aromatic heterocycles. The Morgan fingerprint density at radius 3 is 2.71 bits per heavy atom. The van der Waals surface area contributed by atoms with Crippen molar-refractivity contribution < 1.29 is 13.5 Å². The summed E-state index contributed by atoms with van der Waals surface area (Å²) in [5.41, 5.74) is 1.06. The van der Waals surface area contributed by atoms with Gasteiger partial charge >= 0.3 is 0 Å². The predicted octanol–water partition coefficient (Wildman–Crippen LogP) is 4.31. The first-order valence-electron chi connectivity index (χ1n) is 6.66. The van der Waals surface area contributed by atoms with Crippen LogP contribution in [0.25, 0.3) is 0 Å². The van der Waals surface area contributed by atoms with Gasteiger partial charge in [0.2, 0.25) is 0 Å². The van der Waals surface area contributed by atoms with Crippen molar-refractivity contribution in [3.8, 4) is 5.75 Å². The summed E-state index contributed by atoms with van der Waals surface area (Å²) in [6.45, 7) is 3.25. The summed E-state index contributed by atoms with van der Waals surface area (Å²) in [5, 5.41) is 3.17. The standard InChI is InChI=1S/C16H16ClF2NO/c1-2-20-9-12-8-13(18)6-7-15(12)21-10-11-4-3-5-14(17)16(11)19/h3-8,20H,2,9-10H2,1H3. The van der Waals surface area contributed by atoms with Crippen LogP contribution >= 0.6 is 11.6 Å². The molecule has 0 amide bonds. The molecular weight excluding hydrogens is 296 g/mol. The number of hydrogen-bond acceptors (Lipinski definition) is 2. The quantitative estimate of drug-likeness (QED) is 0.858. The zero-order valence-corrected chi connectivity index (χ0v) is 12.4. The minimum atomic E-state index is -0.491. The van der Waals surface area contributed by atoms with Gasteiger partial charge in [-0.2, -0.15) is 0 Å². The molecule has 5 heteroatoms. The third-order valence-electron chi connectivity index (χ3n) is 3.00. The van der Waals surface area contributed by atoms with Crippen molar-refractivity contribution in [2.75, 3.05) is 6.54 Å². The van der Waals surface area contributed by atoms with E-state index in [0.29, 0.717) is 23.4 Å². The van der Waals surface area contributed by atoms with E-state index in [4.69, 9.17) is 16.3 Å². The van der Waals surface area contributed by atoms with E-state index in [-0.39, 0.29) is 17.4 Å². The average Bonchev–Trinajstić information content (AvgIpc) is 2.48. The maximum absolute atomic E-state index is 13.8. The topological polar surface area (TPSA) is 21.3 Å². The molecule has 0 radical (unpaired) electrons. The fraction of sp³-hybridized carbons (Fsp3) is 0.250. The van der Waals surface area contributed by atoms with Gasteiger partial charge in [-0.15, -0.1) is 0 Å². The second kappa shape index (κ2) is 7.38. The number of rotatable bonds is 6. The third kappa shape index (κ3) is 4.16. The zero-order chi connectivity index (χ0) is 15.2. The molecule has 2 nitrogen and oxygen atoms in total. The molecule has 0 atom stereocenters. The maximum atomic E-state index is 13.8. The van der Waals surface area contributed by atoms with Crippen LogP contribution in [-0.4, -0.2) is 6.54 Å². The minimum Gasteiger partial charge on any atom is -0.488 e. The number of hydrogen-bond donors (Lipinski definition) is 1. The van der Waals surface area contributed by atoms with Crippen LogP contribution in [0.3, 0.4) is 0 Å². The minimum absolute atomic E-state index is 0.0388. The monoisotopic (exact) mass is 311 g/mol. The molecule has 2 aromatic carbocycles. The SMILES string of the molecule is CCNCc1cc(F)ccc1OCc1cccc(Cl)c1F. The van der Waals surface area contributed by atoms with E-state index in [0.717, 1.165) is 6.54 Å². The van der Waals surface area contributed by atoms with Gasteiger partial charge in [-0.05, 0) is 30.8 Å². The Labute approximate surface area is 127 Å². The summed E-state index contributed by atoms with van der Waals surface area (Å²) in [6, 6.07) is 9.02. The molecule has 2 aromatic rings. The van der Waals surface area contributed by atoms with Gasteiger partial charge in [-0.1, -0.05) is 30.7 Å². The Hall–Kier alpha value is -1.65. The lowest BCUT2D eigenvalue weighted by Crippen LogP contribution is -2.13. The molecule has 0 unspecified atom stereocenters. The van der Waals surface area contributed by atoms with Crippen LogP contribution in [0.1, 0.15) is 18.1 Å². The van der Waals surface area contributed by atoms with Gasteiger partial charge in [0.15, 0.2) is 0 Å². The summed E-state index contributed by atoms with van der Waals surface area (Å²) >= 11 is 5.73. The molecule has 0 aliphatic rings. The highest BCUT2D eigenvalue weighted by Gasteiger charge is 2.09. The second-order valence-electron chi connectivity index (χ2n) is 4.53. The number of ether oxygens (including phenoxy) is 1. The smallest absolute Gasteiger partial charge is 0.148 e. The predicted molar refractivity (Wildman–Crippen MR) is 79.5 cm³/mol. The third-order valence-corrected chi connectivity index (χ3v) is 3.29. The first-order chi connectivity index (χ1) is 10.1. The molecule has 0 heterocycles. The zero-order valence-electron chi connectivity index (χ0n) is 11.6. The van der Waals surface area contributed by atoms with Gasteiger partial charge in [0.25, 0.3) is 0 Å². The van der Waals surface area contributed by atoms with E-state index in [1.807, 2.05) is 6.92 Å². The van der Waals surface area contributed by atoms with E-state index in [1.54, 1.807) is 18.2 Å². The number of nitrogens with one attached hydrogen (secondary N) is 1. The fourth-order valence-electron chi connectivity index (χ4n) is 1.90. The molecular formula is C16H16ClF2NO. The highest BCUT2D eigenvalue weighted by molar-refractivity contribution is 6.30. The van der Waals surface area contributed by atoms with Crippen LogP contribution in [0.2, 0.25) is 5.02 Å². The molecule has 2 rings (SSSR count). The molecule has 21 heavy (non-hydrogen) atoms. The van der Waals surface area contributed by atoms with Crippen LogP contribution in [0.4, 0.5) is 8.78 Å². The van der Waals surface area contributed by atoms with Crippen molar-refractivity contribution in [1.82, 2.24) is 5.32 Å². The van der Waals surface area contributed by atoms with Crippen molar-refractivity contribution in [2.45, 2.75) is 20.1 Å². The second-order valence-corrected chi connectivity index (χ2v) is 4.94. The first-order valence-corrected chi connectivity index (χ1v) is 7.04. The summed E-state index contributed by atoms with van der Waals surface area (Å²) in [6.07, 6.45) is 0. The lowest BCUT2D eigenvalue weighted by Gasteiger charge is -2.13. The van der Waals surface area contributed by atoms with Crippen LogP contribution < -0.4 is 10.1 Å². The van der Waals surface area contributed by atoms with E-state index >= 15 is 0 Å². The lowest BCUT2D eigenvalue weighted by molar-refractivity contribution is 0.295. The molecule has 0 aliphatic carbocycles. The molecule has 0 saturated carbocycles. The highest BCUT2D eigenvalue weighted by atomic mass is 35.5. The van der Waals surface area contributed by atoms with Gasteiger partial charge < -0.3 is 10.1 Å². The number of benzene rings is 2. The van der Waals surface area contributed by atoms with Gasteiger partial charge in [0, 0.05) is 17.7 Å². The summed E-state index contributed by atoms with van der Waals surface area (Å²) in [4.78, 5) is 0. The summed E-state index contributed by atoms with van der Waals surface area (Å²) in [5.74, 6) is -0.296. The fourth-order valence-corrected chi connectivity index (χ4v) is 2.10. The van der Waals surface area contributed by atoms with E-state index in [1.165, 1.54) is 18.2 Å². The number of halogens is 3. The van der Waals surface area contributed by atoms with Crippen LogP contribution in [0.5, 0.6) is 5.75 Å². The van der Waals surface area contributed by atoms with Crippen molar-refractivity contribution in [3.63, 3.8) is 0 Å². The summed E-state index contributed by atoms with van der Waals surface area (Å²) < 4.78 is 32.7. The van der Waals surface area contributed by atoms with Crippen LogP contribution in [-0.2, 0) is 13.2 Å². The Kier molecular flexibility index (Phi) is 5.53. The molecule has 0 saturated heterocycles. The Morgan fingerprint density at radius 2 is 1.95 bits per heavy atom. The van der Waals surface area contributed by atoms with Crippen molar-refractivity contribution in [3.05, 3.63) is 64.2 Å². The van der Waals surface area contributed by atoms with Gasteiger partial charge in [-0.3, -0.25) is 0 Å². The maximum Gasteiger partial charge on any atom is 0.148 e. The van der Waals surface area contributed by atoms with Crippen LogP contribution in [0, 0.1) is 11.6 Å². The first kappa shape index (κ1) is 15.7. The van der Waals surface area contributed by atoms with E-state index in [9.17, 15) is 8.78 Å². The van der Waals surface area contributed by atoms with E-state index in [2.05, 4.69) is 5.32 Å². The normalized spacial score (nSPS) is 10.7. The molecule has 0 spiro atoms. The van der Waals surface area contributed by atoms with Crippen molar-refractivity contribution in [1.29, 1.82) is 0 Å². The van der Waals surface area contributed by atoms with Crippen molar-refractivity contribution >= 4 is 11.6 Å². The summed E-state index contributed by atoms with van der Waals surface area (Å²) in [7, 11) is 0. The van der Waals surface area contributed by atoms with E-state index < -0.39 is 5.82 Å². The van der Waals surface area contributed by atoms with Crippen molar-refractivity contribution in [2.24, 2.45) is 0 Å². The molecule has 0 bridgehead atoms. The van der Waals surface area contributed by atoms with Gasteiger partial charge in [0.05, 0.1) is 5.02 Å². The molecule has 1 N–H and O–H groups in total. The van der Waals surface area contributed by atoms with Gasteiger partial charge in [-0.25, -0.2) is 8.78 Å². The molecule has 112 valence electrons. The Morgan fingerprint density at radius 1 is 1.14 bits per heavy atom. The average molecular weight is 312 g/mol.